The van der Waals surface area contributed by atoms with Gasteiger partial charge < -0.3 is 21.3 Å². The van der Waals surface area contributed by atoms with E-state index in [0.717, 1.165) is 21.8 Å². The van der Waals surface area contributed by atoms with E-state index in [1.165, 1.54) is 0 Å². The maximum atomic E-state index is 10.9. The van der Waals surface area contributed by atoms with E-state index in [1.807, 2.05) is 30.7 Å². The minimum absolute atomic E-state index is 0.245. The SMILES string of the molecule is C=C(c1nc(NCCNC(N)=O)c2c(n1)N(C(C)C)CC=N2)c1ccccc1SC. The fraction of sp³-hybridized carbons (Fsp3) is 0.333. The maximum absolute atomic E-state index is 10.9. The number of nitrogens with one attached hydrogen (secondary N) is 2. The van der Waals surface area contributed by atoms with Gasteiger partial charge in [-0.2, -0.15) is 0 Å². The van der Waals surface area contributed by atoms with Crippen LogP contribution in [0.5, 0.6) is 0 Å². The topological polar surface area (TPSA) is 109 Å². The summed E-state index contributed by atoms with van der Waals surface area (Å²) in [5.41, 5.74) is 7.58. The Hall–Kier alpha value is -3.07. The number of urea groups is 1. The number of hydrogen-bond acceptors (Lipinski definition) is 7. The number of benzene rings is 1. The molecular weight excluding hydrogens is 398 g/mol. The van der Waals surface area contributed by atoms with Gasteiger partial charge in [-0.15, -0.1) is 11.8 Å². The molecule has 0 atom stereocenters. The first-order valence-electron chi connectivity index (χ1n) is 9.73. The van der Waals surface area contributed by atoms with E-state index in [0.29, 0.717) is 37.0 Å². The summed E-state index contributed by atoms with van der Waals surface area (Å²) in [5.74, 6) is 1.92. The highest BCUT2D eigenvalue weighted by Gasteiger charge is 2.24. The molecule has 3 rings (SSSR count). The molecule has 9 heteroatoms. The van der Waals surface area contributed by atoms with E-state index in [-0.39, 0.29) is 6.04 Å². The van der Waals surface area contributed by atoms with Crippen LogP contribution >= 0.6 is 11.8 Å². The molecule has 0 saturated carbocycles. The number of primary amides is 1. The zero-order chi connectivity index (χ0) is 21.7. The Kier molecular flexibility index (Phi) is 6.94. The number of fused-ring (bicyclic) bond motifs is 1. The molecule has 0 saturated heterocycles. The van der Waals surface area contributed by atoms with Gasteiger partial charge in [-0.25, -0.2) is 14.8 Å². The standard InChI is InChI=1S/C21H27N7OS/c1-13(2)28-12-11-23-17-19(24-9-10-25-21(22)29)26-18(27-20(17)28)14(3)15-7-5-6-8-16(15)30-4/h5-8,11,13H,3,9-10,12H2,1-2,4H3,(H3,22,25,29)(H,24,26,27). The van der Waals surface area contributed by atoms with Crippen LogP contribution in [-0.2, 0) is 0 Å². The molecule has 4 N–H and O–H groups in total. The molecule has 0 unspecified atom stereocenters. The Morgan fingerprint density at radius 3 is 2.77 bits per heavy atom. The first-order valence-corrected chi connectivity index (χ1v) is 11.0. The van der Waals surface area contributed by atoms with Crippen LogP contribution in [0.3, 0.4) is 0 Å². The minimum Gasteiger partial charge on any atom is -0.366 e. The van der Waals surface area contributed by atoms with Gasteiger partial charge in [0.05, 0.1) is 6.54 Å². The number of nitrogens with zero attached hydrogens (tertiary/aromatic N) is 4. The quantitative estimate of drug-likeness (QED) is 0.442. The number of nitrogens with two attached hydrogens (primary N) is 1. The molecule has 0 radical (unpaired) electrons. The first-order chi connectivity index (χ1) is 14.4. The third kappa shape index (κ3) is 4.73. The maximum Gasteiger partial charge on any atom is 0.312 e. The van der Waals surface area contributed by atoms with E-state index in [2.05, 4.69) is 47.0 Å². The number of aromatic nitrogens is 2. The van der Waals surface area contributed by atoms with Crippen molar-refractivity contribution >= 4 is 46.9 Å². The van der Waals surface area contributed by atoms with Crippen LogP contribution in [0.15, 0.2) is 40.7 Å². The highest BCUT2D eigenvalue weighted by atomic mass is 32.2. The molecule has 2 aromatic rings. The second-order valence-electron chi connectivity index (χ2n) is 7.02. The molecule has 2 amide bonds. The summed E-state index contributed by atoms with van der Waals surface area (Å²) in [6.45, 7) is 10.0. The number of anilines is 2. The van der Waals surface area contributed by atoms with Gasteiger partial charge in [-0.05, 0) is 31.7 Å². The Bertz CT molecular complexity index is 974. The lowest BCUT2D eigenvalue weighted by atomic mass is 10.1. The Morgan fingerprint density at radius 2 is 2.07 bits per heavy atom. The fourth-order valence-electron chi connectivity index (χ4n) is 3.16. The second kappa shape index (κ2) is 9.62. The number of hydrogen-bond donors (Lipinski definition) is 3. The van der Waals surface area contributed by atoms with Gasteiger partial charge in [0.25, 0.3) is 0 Å². The minimum atomic E-state index is -0.562. The van der Waals surface area contributed by atoms with Gasteiger partial charge in [0.2, 0.25) is 0 Å². The van der Waals surface area contributed by atoms with Crippen molar-refractivity contribution in [2.75, 3.05) is 36.1 Å². The van der Waals surface area contributed by atoms with Crippen molar-refractivity contribution in [1.29, 1.82) is 0 Å². The molecule has 0 fully saturated rings. The van der Waals surface area contributed by atoms with E-state index in [9.17, 15) is 4.79 Å². The molecule has 30 heavy (non-hydrogen) atoms. The summed E-state index contributed by atoms with van der Waals surface area (Å²) >= 11 is 1.66. The molecule has 158 valence electrons. The summed E-state index contributed by atoms with van der Waals surface area (Å²) in [6, 6.07) is 7.76. The molecular formula is C21H27N7OS. The highest BCUT2D eigenvalue weighted by Crippen LogP contribution is 2.38. The molecule has 8 nitrogen and oxygen atoms in total. The largest absolute Gasteiger partial charge is 0.366 e. The first kappa shape index (κ1) is 21.6. The van der Waals surface area contributed by atoms with Crippen LogP contribution in [-0.4, -0.2) is 54.1 Å². The van der Waals surface area contributed by atoms with Crippen LogP contribution in [0.2, 0.25) is 0 Å². The number of carbonyl (C=O) groups is 1. The van der Waals surface area contributed by atoms with Gasteiger partial charge >= 0.3 is 6.03 Å². The monoisotopic (exact) mass is 425 g/mol. The van der Waals surface area contributed by atoms with Crippen molar-refractivity contribution in [3.8, 4) is 0 Å². The number of thioether (sulfide) groups is 1. The van der Waals surface area contributed by atoms with Crippen LogP contribution < -0.4 is 21.3 Å². The summed E-state index contributed by atoms with van der Waals surface area (Å²) in [6.07, 6.45) is 3.89. The van der Waals surface area contributed by atoms with Gasteiger partial charge in [0.15, 0.2) is 17.5 Å². The molecule has 1 aliphatic rings. The number of amides is 2. The van der Waals surface area contributed by atoms with Crippen LogP contribution in [0.25, 0.3) is 5.57 Å². The molecule has 0 bridgehead atoms. The molecule has 1 aromatic heterocycles. The second-order valence-corrected chi connectivity index (χ2v) is 7.87. The van der Waals surface area contributed by atoms with Crippen LogP contribution in [0.4, 0.5) is 22.1 Å². The van der Waals surface area contributed by atoms with Crippen molar-refractivity contribution < 1.29 is 4.79 Å². The summed E-state index contributed by atoms with van der Waals surface area (Å²) in [4.78, 5) is 28.4. The third-order valence-corrected chi connectivity index (χ3v) is 5.47. The van der Waals surface area contributed by atoms with Crippen molar-refractivity contribution in [3.05, 3.63) is 42.2 Å². The molecule has 0 spiro atoms. The lowest BCUT2D eigenvalue weighted by Crippen LogP contribution is -2.35. The third-order valence-electron chi connectivity index (χ3n) is 4.68. The Balaban J connectivity index is 2.02. The summed E-state index contributed by atoms with van der Waals surface area (Å²) < 4.78 is 0. The zero-order valence-electron chi connectivity index (χ0n) is 17.5. The average Bonchev–Trinajstić information content (AvgIpc) is 2.75. The van der Waals surface area contributed by atoms with E-state index in [4.69, 9.17) is 15.7 Å². The van der Waals surface area contributed by atoms with Crippen molar-refractivity contribution in [2.24, 2.45) is 10.7 Å². The van der Waals surface area contributed by atoms with E-state index >= 15 is 0 Å². The summed E-state index contributed by atoms with van der Waals surface area (Å²) in [7, 11) is 0. The van der Waals surface area contributed by atoms with Gasteiger partial charge in [0.1, 0.15) is 5.69 Å². The fourth-order valence-corrected chi connectivity index (χ4v) is 3.79. The van der Waals surface area contributed by atoms with Gasteiger partial charge in [-0.1, -0.05) is 24.8 Å². The van der Waals surface area contributed by atoms with Gasteiger partial charge in [-0.3, -0.25) is 4.99 Å². The number of aliphatic imine (C=N–C) groups is 1. The van der Waals surface area contributed by atoms with Crippen molar-refractivity contribution in [1.82, 2.24) is 15.3 Å². The lowest BCUT2D eigenvalue weighted by molar-refractivity contribution is 0.249. The Morgan fingerprint density at radius 1 is 1.30 bits per heavy atom. The highest BCUT2D eigenvalue weighted by molar-refractivity contribution is 7.98. The van der Waals surface area contributed by atoms with Crippen molar-refractivity contribution in [2.45, 2.75) is 24.8 Å². The molecule has 1 aromatic carbocycles. The van der Waals surface area contributed by atoms with Crippen molar-refractivity contribution in [3.63, 3.8) is 0 Å². The average molecular weight is 426 g/mol. The number of carbonyl (C=O) groups excluding carboxylic acids is 1. The van der Waals surface area contributed by atoms with E-state index < -0.39 is 6.03 Å². The van der Waals surface area contributed by atoms with E-state index in [1.54, 1.807) is 11.8 Å². The molecule has 2 heterocycles. The number of rotatable bonds is 8. The molecule has 0 aliphatic carbocycles. The predicted octanol–water partition coefficient (Wildman–Crippen LogP) is 3.27. The molecule has 1 aliphatic heterocycles. The zero-order valence-corrected chi connectivity index (χ0v) is 18.3. The lowest BCUT2D eigenvalue weighted by Gasteiger charge is -2.31. The van der Waals surface area contributed by atoms with Crippen LogP contribution in [0, 0.1) is 0 Å². The predicted molar refractivity (Wildman–Crippen MR) is 125 cm³/mol. The van der Waals surface area contributed by atoms with Crippen LogP contribution in [0.1, 0.15) is 25.2 Å². The summed E-state index contributed by atoms with van der Waals surface area (Å²) in [5, 5.41) is 5.82. The normalized spacial score (nSPS) is 12.6. The van der Waals surface area contributed by atoms with Gasteiger partial charge in [0, 0.05) is 35.8 Å². The smallest absolute Gasteiger partial charge is 0.312 e. The Labute approximate surface area is 181 Å².